The molecule has 0 spiro atoms. The first kappa shape index (κ1) is 17.0. The van der Waals surface area contributed by atoms with Gasteiger partial charge in [-0.15, -0.1) is 0 Å². The predicted octanol–water partition coefficient (Wildman–Crippen LogP) is 0.410. The molecule has 0 radical (unpaired) electrons. The lowest BCUT2D eigenvalue weighted by atomic mass is 10.1. The SMILES string of the molecule is c1cnc(N2CCN(CCCNC3=c4ccccc4=NCC3)CC2)nc1. The third-order valence-corrected chi connectivity index (χ3v) is 5.07. The smallest absolute Gasteiger partial charge is 0.225 e. The Bertz CT molecular complexity index is 827. The number of nitrogens with one attached hydrogen (secondary N) is 1. The summed E-state index contributed by atoms with van der Waals surface area (Å²) >= 11 is 0. The summed E-state index contributed by atoms with van der Waals surface area (Å²) in [4.78, 5) is 18.1. The molecule has 6 heteroatoms. The Balaban J connectivity index is 1.22. The molecule has 1 fully saturated rings. The van der Waals surface area contributed by atoms with Gasteiger partial charge in [-0.05, 0) is 25.1 Å². The number of piperazine rings is 1. The molecule has 26 heavy (non-hydrogen) atoms. The lowest BCUT2D eigenvalue weighted by Gasteiger charge is -2.34. The number of rotatable bonds is 6. The standard InChI is InChI=1S/C20H26N6/c1-2-6-18-17(5-1)19(7-11-22-18)21-10-4-12-25-13-15-26(16-14-25)20-23-8-3-9-24-20/h1-3,5-6,8-9,21H,4,7,10-16H2. The number of nitrogens with zero attached hydrogens (tertiary/aromatic N) is 5. The van der Waals surface area contributed by atoms with Crippen LogP contribution in [0.5, 0.6) is 0 Å². The summed E-state index contributed by atoms with van der Waals surface area (Å²) < 4.78 is 0. The second kappa shape index (κ2) is 8.27. The van der Waals surface area contributed by atoms with Gasteiger partial charge in [0.1, 0.15) is 0 Å². The van der Waals surface area contributed by atoms with E-state index in [1.165, 1.54) is 10.9 Å². The summed E-state index contributed by atoms with van der Waals surface area (Å²) in [6, 6.07) is 10.3. The van der Waals surface area contributed by atoms with Crippen LogP contribution in [0.15, 0.2) is 47.7 Å². The number of fused-ring (bicyclic) bond motifs is 1. The molecule has 1 aromatic heterocycles. The minimum atomic E-state index is 0.853. The molecule has 1 saturated heterocycles. The van der Waals surface area contributed by atoms with E-state index < -0.39 is 0 Å². The molecule has 0 unspecified atom stereocenters. The van der Waals surface area contributed by atoms with Crippen molar-refractivity contribution >= 4 is 11.6 Å². The summed E-state index contributed by atoms with van der Waals surface area (Å²) in [5, 5.41) is 6.05. The van der Waals surface area contributed by atoms with Crippen LogP contribution in [0.2, 0.25) is 0 Å². The number of hydrogen-bond donors (Lipinski definition) is 1. The molecule has 2 aliphatic rings. The molecule has 2 aromatic rings. The van der Waals surface area contributed by atoms with Gasteiger partial charge in [-0.25, -0.2) is 9.97 Å². The summed E-state index contributed by atoms with van der Waals surface area (Å²) in [6.45, 7) is 7.21. The van der Waals surface area contributed by atoms with Crippen molar-refractivity contribution in [1.29, 1.82) is 0 Å². The van der Waals surface area contributed by atoms with E-state index in [0.717, 1.165) is 70.0 Å². The predicted molar refractivity (Wildman–Crippen MR) is 103 cm³/mol. The van der Waals surface area contributed by atoms with Crippen LogP contribution in [0.25, 0.3) is 5.70 Å². The summed E-state index contributed by atoms with van der Waals surface area (Å²) in [5.41, 5.74) is 1.35. The molecular weight excluding hydrogens is 324 g/mol. The summed E-state index contributed by atoms with van der Waals surface area (Å²) in [5.74, 6) is 0.853. The Labute approximate surface area is 154 Å². The molecule has 1 N–H and O–H groups in total. The monoisotopic (exact) mass is 350 g/mol. The van der Waals surface area contributed by atoms with E-state index in [2.05, 4.69) is 54.3 Å². The van der Waals surface area contributed by atoms with Gasteiger partial charge in [0, 0.05) is 69.0 Å². The molecule has 136 valence electrons. The van der Waals surface area contributed by atoms with E-state index in [0.29, 0.717) is 0 Å². The Morgan fingerprint density at radius 3 is 2.62 bits per heavy atom. The molecule has 0 bridgehead atoms. The normalized spacial score (nSPS) is 17.5. The quantitative estimate of drug-likeness (QED) is 0.765. The first-order valence-electron chi connectivity index (χ1n) is 9.51. The van der Waals surface area contributed by atoms with Crippen LogP contribution in [0.3, 0.4) is 0 Å². The summed E-state index contributed by atoms with van der Waals surface area (Å²) in [6.07, 6.45) is 5.81. The fourth-order valence-corrected chi connectivity index (χ4v) is 3.64. The largest absolute Gasteiger partial charge is 0.388 e. The molecule has 0 aliphatic carbocycles. The van der Waals surface area contributed by atoms with Crippen molar-refractivity contribution in [2.75, 3.05) is 50.7 Å². The molecule has 0 amide bonds. The molecule has 1 aromatic carbocycles. The zero-order valence-electron chi connectivity index (χ0n) is 15.1. The summed E-state index contributed by atoms with van der Waals surface area (Å²) in [7, 11) is 0. The Morgan fingerprint density at radius 2 is 1.77 bits per heavy atom. The van der Waals surface area contributed by atoms with Gasteiger partial charge in [-0.1, -0.05) is 18.2 Å². The minimum Gasteiger partial charge on any atom is -0.388 e. The van der Waals surface area contributed by atoms with Crippen LogP contribution in [0.1, 0.15) is 12.8 Å². The molecular formula is C20H26N6. The third kappa shape index (κ3) is 4.02. The highest BCUT2D eigenvalue weighted by atomic mass is 15.3. The van der Waals surface area contributed by atoms with Crippen molar-refractivity contribution in [3.8, 4) is 0 Å². The van der Waals surface area contributed by atoms with Gasteiger partial charge in [0.15, 0.2) is 0 Å². The third-order valence-electron chi connectivity index (χ3n) is 5.07. The highest BCUT2D eigenvalue weighted by Crippen LogP contribution is 2.09. The molecule has 6 nitrogen and oxygen atoms in total. The fourth-order valence-electron chi connectivity index (χ4n) is 3.64. The van der Waals surface area contributed by atoms with E-state index in [1.807, 2.05) is 18.5 Å². The maximum atomic E-state index is 4.59. The molecule has 4 rings (SSSR count). The number of aromatic nitrogens is 2. The van der Waals surface area contributed by atoms with Crippen molar-refractivity contribution in [2.45, 2.75) is 12.8 Å². The number of hydrogen-bond acceptors (Lipinski definition) is 6. The first-order chi connectivity index (χ1) is 12.9. The molecule has 3 heterocycles. The van der Waals surface area contributed by atoms with Crippen molar-refractivity contribution in [2.24, 2.45) is 4.99 Å². The zero-order chi connectivity index (χ0) is 17.6. The topological polar surface area (TPSA) is 56.7 Å². The van der Waals surface area contributed by atoms with Gasteiger partial charge in [-0.3, -0.25) is 9.89 Å². The van der Waals surface area contributed by atoms with Crippen LogP contribution in [0.4, 0.5) is 5.95 Å². The van der Waals surface area contributed by atoms with Crippen LogP contribution >= 0.6 is 0 Å². The second-order valence-electron chi connectivity index (χ2n) is 6.79. The molecule has 2 aliphatic heterocycles. The van der Waals surface area contributed by atoms with E-state index in [4.69, 9.17) is 0 Å². The van der Waals surface area contributed by atoms with E-state index >= 15 is 0 Å². The van der Waals surface area contributed by atoms with Gasteiger partial charge in [0.2, 0.25) is 5.95 Å². The van der Waals surface area contributed by atoms with Crippen molar-refractivity contribution in [3.63, 3.8) is 0 Å². The van der Waals surface area contributed by atoms with Gasteiger partial charge < -0.3 is 10.2 Å². The van der Waals surface area contributed by atoms with Crippen molar-refractivity contribution in [3.05, 3.63) is 53.3 Å². The molecule has 0 atom stereocenters. The number of anilines is 1. The van der Waals surface area contributed by atoms with Crippen LogP contribution in [-0.4, -0.2) is 60.7 Å². The van der Waals surface area contributed by atoms with E-state index in [-0.39, 0.29) is 0 Å². The number of benzene rings is 1. The van der Waals surface area contributed by atoms with Gasteiger partial charge in [-0.2, -0.15) is 0 Å². The van der Waals surface area contributed by atoms with Gasteiger partial charge in [0.05, 0.1) is 5.36 Å². The highest BCUT2D eigenvalue weighted by molar-refractivity contribution is 5.43. The van der Waals surface area contributed by atoms with Crippen LogP contribution in [0, 0.1) is 0 Å². The molecule has 0 saturated carbocycles. The fraction of sp³-hybridized carbons (Fsp3) is 0.450. The Morgan fingerprint density at radius 1 is 0.962 bits per heavy atom. The zero-order valence-corrected chi connectivity index (χ0v) is 15.1. The van der Waals surface area contributed by atoms with Crippen molar-refractivity contribution < 1.29 is 0 Å². The minimum absolute atomic E-state index is 0.853. The van der Waals surface area contributed by atoms with Crippen molar-refractivity contribution in [1.82, 2.24) is 20.2 Å². The van der Waals surface area contributed by atoms with Gasteiger partial charge >= 0.3 is 0 Å². The lowest BCUT2D eigenvalue weighted by molar-refractivity contribution is 0.254. The second-order valence-corrected chi connectivity index (χ2v) is 6.79. The van der Waals surface area contributed by atoms with Gasteiger partial charge in [0.25, 0.3) is 0 Å². The number of para-hydroxylation sites is 1. The average molecular weight is 350 g/mol. The van der Waals surface area contributed by atoms with E-state index in [1.54, 1.807) is 0 Å². The Hall–Kier alpha value is -2.47. The maximum Gasteiger partial charge on any atom is 0.225 e. The first-order valence-corrected chi connectivity index (χ1v) is 9.51. The van der Waals surface area contributed by atoms with E-state index in [9.17, 15) is 0 Å². The van der Waals surface area contributed by atoms with Crippen LogP contribution in [-0.2, 0) is 0 Å². The Kier molecular flexibility index (Phi) is 5.40. The average Bonchev–Trinajstić information content (AvgIpc) is 2.72. The maximum absolute atomic E-state index is 4.59. The lowest BCUT2D eigenvalue weighted by Crippen LogP contribution is -2.47. The van der Waals surface area contributed by atoms with Crippen LogP contribution < -0.4 is 20.8 Å². The highest BCUT2D eigenvalue weighted by Gasteiger charge is 2.18.